The van der Waals surface area contributed by atoms with E-state index in [1.807, 2.05) is 0 Å². The number of benzene rings is 1. The van der Waals surface area contributed by atoms with Gasteiger partial charge in [-0.2, -0.15) is 0 Å². The van der Waals surface area contributed by atoms with Crippen molar-refractivity contribution in [1.29, 1.82) is 0 Å². The number of carbonyl (C=O) groups excluding carboxylic acids is 3. The number of furan rings is 1. The van der Waals surface area contributed by atoms with Crippen LogP contribution < -0.4 is 4.90 Å². The quantitative estimate of drug-likeness (QED) is 0.619. The monoisotopic (exact) mass is 255 g/mol. The fourth-order valence-corrected chi connectivity index (χ4v) is 2.10. The number of para-hydroxylation sites is 1. The third-order valence-corrected chi connectivity index (χ3v) is 3.00. The summed E-state index contributed by atoms with van der Waals surface area (Å²) in [5, 5.41) is 0. The predicted octanol–water partition coefficient (Wildman–Crippen LogP) is 1.82. The average Bonchev–Trinajstić information content (AvgIpc) is 2.99. The molecule has 0 saturated heterocycles. The minimum absolute atomic E-state index is 0.134. The summed E-state index contributed by atoms with van der Waals surface area (Å²) in [7, 11) is 0. The zero-order valence-electron chi connectivity index (χ0n) is 9.83. The van der Waals surface area contributed by atoms with Gasteiger partial charge in [0.05, 0.1) is 23.4 Å². The Morgan fingerprint density at radius 3 is 2.74 bits per heavy atom. The van der Waals surface area contributed by atoms with Crippen molar-refractivity contribution in [1.82, 2.24) is 0 Å². The average molecular weight is 255 g/mol. The summed E-state index contributed by atoms with van der Waals surface area (Å²) in [5.41, 5.74) is 1.37. The number of nitrogens with zero attached hydrogens (tertiary/aromatic N) is 1. The van der Waals surface area contributed by atoms with E-state index < -0.39 is 11.7 Å². The Labute approximate surface area is 108 Å². The molecule has 1 aliphatic heterocycles. The second kappa shape index (κ2) is 4.20. The van der Waals surface area contributed by atoms with Crippen molar-refractivity contribution >= 4 is 23.7 Å². The van der Waals surface area contributed by atoms with Gasteiger partial charge in [-0.1, -0.05) is 12.1 Å². The van der Waals surface area contributed by atoms with Crippen molar-refractivity contribution in [3.8, 4) is 0 Å². The van der Waals surface area contributed by atoms with Crippen LogP contribution in [0.1, 0.15) is 26.5 Å². The third kappa shape index (κ3) is 1.76. The highest BCUT2D eigenvalue weighted by Crippen LogP contribution is 2.30. The van der Waals surface area contributed by atoms with Crippen LogP contribution in [-0.4, -0.2) is 18.0 Å². The van der Waals surface area contributed by atoms with Crippen LogP contribution in [0.5, 0.6) is 0 Å². The van der Waals surface area contributed by atoms with Gasteiger partial charge in [0.25, 0.3) is 11.7 Å². The van der Waals surface area contributed by atoms with Crippen LogP contribution in [0.2, 0.25) is 0 Å². The second-order valence-corrected chi connectivity index (χ2v) is 4.20. The molecule has 94 valence electrons. The molecular formula is C14H9NO4. The molecule has 0 aliphatic carbocycles. The molecule has 0 N–H and O–H groups in total. The molecule has 1 amide bonds. The summed E-state index contributed by atoms with van der Waals surface area (Å²) in [6, 6.07) is 8.35. The minimum Gasteiger partial charge on any atom is -0.467 e. The normalized spacial score (nSPS) is 13.8. The van der Waals surface area contributed by atoms with E-state index in [1.165, 1.54) is 11.2 Å². The number of amides is 1. The number of carbonyl (C=O) groups is 3. The molecule has 0 atom stereocenters. The van der Waals surface area contributed by atoms with Gasteiger partial charge in [0.2, 0.25) is 0 Å². The Morgan fingerprint density at radius 2 is 2.00 bits per heavy atom. The Morgan fingerprint density at radius 1 is 1.21 bits per heavy atom. The molecule has 19 heavy (non-hydrogen) atoms. The van der Waals surface area contributed by atoms with Gasteiger partial charge < -0.3 is 4.42 Å². The predicted molar refractivity (Wildman–Crippen MR) is 66.1 cm³/mol. The number of rotatable bonds is 3. The maximum atomic E-state index is 11.9. The molecular weight excluding hydrogens is 246 g/mol. The lowest BCUT2D eigenvalue weighted by Crippen LogP contribution is -2.28. The summed E-state index contributed by atoms with van der Waals surface area (Å²) in [6.45, 7) is 0.134. The third-order valence-electron chi connectivity index (χ3n) is 3.00. The Bertz CT molecular complexity index is 686. The molecule has 2 aromatic rings. The van der Waals surface area contributed by atoms with E-state index in [4.69, 9.17) is 4.42 Å². The lowest BCUT2D eigenvalue weighted by atomic mass is 10.1. The highest BCUT2D eigenvalue weighted by molar-refractivity contribution is 6.52. The molecule has 0 bridgehead atoms. The number of fused-ring (bicyclic) bond motifs is 1. The topological polar surface area (TPSA) is 67.6 Å². The highest BCUT2D eigenvalue weighted by Gasteiger charge is 2.35. The first-order chi connectivity index (χ1) is 9.20. The van der Waals surface area contributed by atoms with E-state index in [9.17, 15) is 14.4 Å². The second-order valence-electron chi connectivity index (χ2n) is 4.20. The van der Waals surface area contributed by atoms with Gasteiger partial charge in [-0.3, -0.25) is 19.3 Å². The van der Waals surface area contributed by atoms with Gasteiger partial charge in [0, 0.05) is 0 Å². The van der Waals surface area contributed by atoms with Crippen LogP contribution in [0.3, 0.4) is 0 Å². The van der Waals surface area contributed by atoms with Crippen molar-refractivity contribution in [2.75, 3.05) is 4.90 Å². The highest BCUT2D eigenvalue weighted by atomic mass is 16.3. The van der Waals surface area contributed by atoms with Crippen molar-refractivity contribution in [2.24, 2.45) is 0 Å². The zero-order chi connectivity index (χ0) is 13.4. The van der Waals surface area contributed by atoms with Gasteiger partial charge in [-0.05, 0) is 18.2 Å². The molecule has 0 saturated carbocycles. The molecule has 0 spiro atoms. The van der Waals surface area contributed by atoms with Crippen molar-refractivity contribution in [3.63, 3.8) is 0 Å². The van der Waals surface area contributed by atoms with Gasteiger partial charge in [0.1, 0.15) is 12.0 Å². The molecule has 3 rings (SSSR count). The summed E-state index contributed by atoms with van der Waals surface area (Å²) in [5.74, 6) is -0.636. The Kier molecular flexibility index (Phi) is 2.52. The fraction of sp³-hybridized carbons (Fsp3) is 0.0714. The molecule has 5 heteroatoms. The maximum Gasteiger partial charge on any atom is 0.299 e. The van der Waals surface area contributed by atoms with E-state index in [-0.39, 0.29) is 6.54 Å². The van der Waals surface area contributed by atoms with Gasteiger partial charge in [-0.25, -0.2) is 0 Å². The number of Topliss-reactive ketones (excluding diaryl/α,β-unsaturated/α-hetero) is 1. The smallest absolute Gasteiger partial charge is 0.299 e. The van der Waals surface area contributed by atoms with E-state index in [1.54, 1.807) is 30.3 Å². The molecule has 0 unspecified atom stereocenters. The number of hydrogen-bond donors (Lipinski definition) is 0. The Balaban J connectivity index is 1.95. The molecule has 0 radical (unpaired) electrons. The fourth-order valence-electron chi connectivity index (χ4n) is 2.10. The lowest BCUT2D eigenvalue weighted by molar-refractivity contribution is -0.114. The van der Waals surface area contributed by atoms with Crippen LogP contribution >= 0.6 is 0 Å². The van der Waals surface area contributed by atoms with Gasteiger partial charge in [-0.15, -0.1) is 0 Å². The van der Waals surface area contributed by atoms with Gasteiger partial charge >= 0.3 is 0 Å². The lowest BCUT2D eigenvalue weighted by Gasteiger charge is -2.14. The SMILES string of the molecule is O=Cc1coc(CN2C(=O)C(=O)c3ccccc32)c1. The molecule has 1 aliphatic rings. The van der Waals surface area contributed by atoms with E-state index in [2.05, 4.69) is 0 Å². The van der Waals surface area contributed by atoms with Crippen LogP contribution in [0.15, 0.2) is 41.0 Å². The van der Waals surface area contributed by atoms with Crippen LogP contribution in [-0.2, 0) is 11.3 Å². The van der Waals surface area contributed by atoms with Crippen LogP contribution in [0.4, 0.5) is 5.69 Å². The summed E-state index contributed by atoms with van der Waals surface area (Å²) in [4.78, 5) is 35.6. The molecule has 2 heterocycles. The number of ketones is 1. The first kappa shape index (κ1) is 11.4. The van der Waals surface area contributed by atoms with Crippen LogP contribution in [0, 0.1) is 0 Å². The molecule has 5 nitrogen and oxygen atoms in total. The van der Waals surface area contributed by atoms with Crippen LogP contribution in [0.25, 0.3) is 0 Å². The minimum atomic E-state index is -0.578. The largest absolute Gasteiger partial charge is 0.467 e. The summed E-state index contributed by atoms with van der Waals surface area (Å²) in [6.07, 6.45) is 1.98. The standard InChI is InChI=1S/C14H9NO4/c16-7-9-5-10(19-8-9)6-15-12-4-2-1-3-11(12)13(17)14(15)18/h1-5,7-8H,6H2. The molecule has 0 fully saturated rings. The van der Waals surface area contributed by atoms with Crippen molar-refractivity contribution in [2.45, 2.75) is 6.54 Å². The molecule has 1 aromatic carbocycles. The Hall–Kier alpha value is -2.69. The molecule has 1 aromatic heterocycles. The maximum absolute atomic E-state index is 11.9. The zero-order valence-corrected chi connectivity index (χ0v) is 9.83. The number of anilines is 1. The first-order valence-electron chi connectivity index (χ1n) is 5.68. The van der Waals surface area contributed by atoms with Crippen molar-refractivity contribution in [3.05, 3.63) is 53.5 Å². The first-order valence-corrected chi connectivity index (χ1v) is 5.68. The van der Waals surface area contributed by atoms with Gasteiger partial charge in [0.15, 0.2) is 6.29 Å². The summed E-state index contributed by atoms with van der Waals surface area (Å²) >= 11 is 0. The van der Waals surface area contributed by atoms with E-state index in [0.29, 0.717) is 28.9 Å². The van der Waals surface area contributed by atoms with E-state index >= 15 is 0 Å². The number of hydrogen-bond acceptors (Lipinski definition) is 4. The van der Waals surface area contributed by atoms with E-state index in [0.717, 1.165) is 0 Å². The van der Waals surface area contributed by atoms with Crippen molar-refractivity contribution < 1.29 is 18.8 Å². The number of aldehydes is 1. The summed E-state index contributed by atoms with van der Waals surface area (Å²) < 4.78 is 5.18.